The van der Waals surface area contributed by atoms with Gasteiger partial charge in [-0.3, -0.25) is 0 Å². The number of hydrogen-bond donors (Lipinski definition) is 0. The topological polar surface area (TPSA) is 180 Å². The van der Waals surface area contributed by atoms with Crippen LogP contribution in [0.25, 0.3) is 11.5 Å². The van der Waals surface area contributed by atoms with Gasteiger partial charge in [-0.05, 0) is 0 Å². The van der Waals surface area contributed by atoms with Crippen molar-refractivity contribution in [2.75, 3.05) is 0 Å². The Bertz CT molecular complexity index is 152. The zero-order chi connectivity index (χ0) is 13.0. The average molecular weight is 419 g/mol. The van der Waals surface area contributed by atoms with Gasteiger partial charge in [-0.2, -0.15) is 0 Å². The molecule has 0 aliphatic heterocycles. The monoisotopic (exact) mass is 419 g/mol. The number of rotatable bonds is 2. The predicted molar refractivity (Wildman–Crippen MR) is 52.9 cm³/mol. The van der Waals surface area contributed by atoms with E-state index in [2.05, 4.69) is 0 Å². The SMILES string of the molecule is CC([NH-])CC(C)[NH-].O=[N+]([O-])[O-].O=[N+]([O-])[O-].[Pt+4]. The average Bonchev–Trinajstić information content (AvgIpc) is 1.78. The van der Waals surface area contributed by atoms with Crippen LogP contribution in [0, 0.1) is 30.6 Å². The molecule has 2 atom stereocenters. The molecule has 16 heavy (non-hydrogen) atoms. The van der Waals surface area contributed by atoms with Crippen molar-refractivity contribution in [1.29, 1.82) is 0 Å². The van der Waals surface area contributed by atoms with Crippen LogP contribution >= 0.6 is 0 Å². The van der Waals surface area contributed by atoms with Crippen LogP contribution in [0.2, 0.25) is 0 Å². The van der Waals surface area contributed by atoms with Crippen molar-refractivity contribution in [2.24, 2.45) is 0 Å². The van der Waals surface area contributed by atoms with E-state index in [0.717, 1.165) is 0 Å². The number of nitrogens with one attached hydrogen (secondary N) is 2. The molecule has 0 radical (unpaired) electrons. The van der Waals surface area contributed by atoms with Gasteiger partial charge in [0.05, 0.1) is 10.2 Å². The van der Waals surface area contributed by atoms with Crippen LogP contribution in [-0.4, -0.2) is 22.3 Å². The normalized spacial score (nSPS) is 11.2. The van der Waals surface area contributed by atoms with Gasteiger partial charge in [0, 0.05) is 0 Å². The van der Waals surface area contributed by atoms with Gasteiger partial charge in [0.15, 0.2) is 0 Å². The second-order valence-corrected chi connectivity index (χ2v) is 2.49. The molecule has 0 spiro atoms. The van der Waals surface area contributed by atoms with E-state index in [1.54, 1.807) is 0 Å². The molecule has 0 fully saturated rings. The van der Waals surface area contributed by atoms with Gasteiger partial charge >= 0.3 is 21.1 Å². The summed E-state index contributed by atoms with van der Waals surface area (Å²) in [5.41, 5.74) is 14.0. The summed E-state index contributed by atoms with van der Waals surface area (Å²) in [4.78, 5) is 16.5. The minimum Gasteiger partial charge on any atom is -0.675 e. The largest absolute Gasteiger partial charge is 4.00 e. The van der Waals surface area contributed by atoms with E-state index in [-0.39, 0.29) is 33.1 Å². The first-order valence-electron chi connectivity index (χ1n) is 3.64. The minimum absolute atomic E-state index is 0. The van der Waals surface area contributed by atoms with Crippen LogP contribution in [0.3, 0.4) is 0 Å². The van der Waals surface area contributed by atoms with Crippen LogP contribution in [0.1, 0.15) is 20.3 Å². The Hall–Kier alpha value is -0.992. The van der Waals surface area contributed by atoms with E-state index in [1.807, 2.05) is 13.8 Å². The summed E-state index contributed by atoms with van der Waals surface area (Å²) in [5, 5.41) is 29.5. The van der Waals surface area contributed by atoms with E-state index in [9.17, 15) is 0 Å². The van der Waals surface area contributed by atoms with Crippen LogP contribution in [0.4, 0.5) is 0 Å². The van der Waals surface area contributed by atoms with Crippen molar-refractivity contribution in [2.45, 2.75) is 32.4 Å². The summed E-state index contributed by atoms with van der Waals surface area (Å²) in [6.07, 6.45) is 0.694. The quantitative estimate of drug-likeness (QED) is 0.486. The third-order valence-corrected chi connectivity index (χ3v) is 0.707. The fraction of sp³-hybridized carbons (Fsp3) is 1.00. The van der Waals surface area contributed by atoms with E-state index in [4.69, 9.17) is 42.1 Å². The fourth-order valence-corrected chi connectivity index (χ4v) is 0.530. The van der Waals surface area contributed by atoms with Crippen LogP contribution in [0.5, 0.6) is 0 Å². The van der Waals surface area contributed by atoms with Crippen molar-refractivity contribution in [3.8, 4) is 0 Å². The zero-order valence-electron chi connectivity index (χ0n) is 8.52. The van der Waals surface area contributed by atoms with Crippen LogP contribution in [-0.2, 0) is 21.1 Å². The second kappa shape index (κ2) is 16.4. The maximum atomic E-state index is 8.25. The maximum Gasteiger partial charge on any atom is 4.00 e. The molecule has 0 aliphatic rings. The minimum atomic E-state index is -1.75. The van der Waals surface area contributed by atoms with Gasteiger partial charge in [-0.25, -0.2) is 0 Å². The summed E-state index contributed by atoms with van der Waals surface area (Å²) < 4.78 is 0. The van der Waals surface area contributed by atoms with E-state index >= 15 is 0 Å². The molecule has 2 N–H and O–H groups in total. The molecule has 0 rings (SSSR count). The summed E-state index contributed by atoms with van der Waals surface area (Å²) in [6, 6.07) is -0.125. The molecule has 0 saturated heterocycles. The Kier molecular flexibility index (Phi) is 25.0. The molecule has 0 amide bonds. The van der Waals surface area contributed by atoms with E-state index < -0.39 is 10.2 Å². The van der Waals surface area contributed by atoms with Gasteiger partial charge in [-0.1, -0.05) is 20.3 Å². The molecule has 10 nitrogen and oxygen atoms in total. The Labute approximate surface area is 106 Å². The number of hydrogen-bond acceptors (Lipinski definition) is 6. The number of nitrogens with zero attached hydrogens (tertiary/aromatic N) is 2. The van der Waals surface area contributed by atoms with Crippen LogP contribution in [0.15, 0.2) is 0 Å². The van der Waals surface area contributed by atoms with Crippen molar-refractivity contribution in [3.05, 3.63) is 42.1 Å². The third kappa shape index (κ3) is 207. The molecule has 0 bridgehead atoms. The standard InChI is InChI=1S/C5H12N2.2NO3.Pt/c1-4(6)3-5(2)7;2*2-1(3)4;/h4-7H,3H2,1-2H3;;;/q-2;2*-1;+4. The molecule has 11 heteroatoms. The van der Waals surface area contributed by atoms with Gasteiger partial charge < -0.3 is 42.1 Å². The molecular formula is C5H12N4O6Pt. The molecule has 0 saturated carbocycles. The first kappa shape index (κ1) is 24.3. The van der Waals surface area contributed by atoms with Gasteiger partial charge in [-0.15, -0.1) is 12.1 Å². The van der Waals surface area contributed by atoms with Gasteiger partial charge in [0.25, 0.3) is 0 Å². The Morgan fingerprint density at radius 1 is 0.938 bits per heavy atom. The molecule has 2 unspecified atom stereocenters. The third-order valence-electron chi connectivity index (χ3n) is 0.707. The molecule has 0 aromatic heterocycles. The molecule has 0 aliphatic carbocycles. The maximum absolute atomic E-state index is 8.25. The molecular weight excluding hydrogens is 407 g/mol. The Morgan fingerprint density at radius 3 is 1.06 bits per heavy atom. The molecule has 98 valence electrons. The van der Waals surface area contributed by atoms with Crippen molar-refractivity contribution >= 4 is 0 Å². The van der Waals surface area contributed by atoms with E-state index in [0.29, 0.717) is 6.42 Å². The first-order valence-corrected chi connectivity index (χ1v) is 3.64. The van der Waals surface area contributed by atoms with Crippen molar-refractivity contribution in [3.63, 3.8) is 0 Å². The first-order chi connectivity index (χ1) is 6.59. The summed E-state index contributed by atoms with van der Waals surface area (Å²) in [6.45, 7) is 3.62. The predicted octanol–water partition coefficient (Wildman–Crippen LogP) is 1.78. The van der Waals surface area contributed by atoms with Crippen LogP contribution < -0.4 is 0 Å². The van der Waals surface area contributed by atoms with Crippen molar-refractivity contribution in [1.82, 2.24) is 0 Å². The summed E-state index contributed by atoms with van der Waals surface area (Å²) in [5.74, 6) is 0. The van der Waals surface area contributed by atoms with Crippen molar-refractivity contribution < 1.29 is 31.2 Å². The van der Waals surface area contributed by atoms with Gasteiger partial charge in [0.2, 0.25) is 0 Å². The fourth-order valence-electron chi connectivity index (χ4n) is 0.530. The zero-order valence-corrected chi connectivity index (χ0v) is 10.8. The Morgan fingerprint density at radius 2 is 1.06 bits per heavy atom. The molecule has 0 aromatic carbocycles. The molecule has 0 heterocycles. The van der Waals surface area contributed by atoms with Gasteiger partial charge in [0.1, 0.15) is 0 Å². The Balaban J connectivity index is -0.0000000700. The smallest absolute Gasteiger partial charge is 0.675 e. The summed E-state index contributed by atoms with van der Waals surface area (Å²) in [7, 11) is 0. The second-order valence-electron chi connectivity index (χ2n) is 2.49. The summed E-state index contributed by atoms with van der Waals surface area (Å²) >= 11 is 0. The van der Waals surface area contributed by atoms with E-state index in [1.165, 1.54) is 0 Å². The molecule has 0 aromatic rings.